The van der Waals surface area contributed by atoms with Crippen LogP contribution in [-0.2, 0) is 9.59 Å². The summed E-state index contributed by atoms with van der Waals surface area (Å²) in [5.74, 6) is -0.126. The number of nitrogens with zero attached hydrogens (tertiary/aromatic N) is 2. The van der Waals surface area contributed by atoms with Crippen LogP contribution in [0.15, 0.2) is 47.5 Å². The van der Waals surface area contributed by atoms with Crippen LogP contribution in [-0.4, -0.2) is 47.7 Å². The Kier molecular flexibility index (Phi) is 5.43. The van der Waals surface area contributed by atoms with E-state index < -0.39 is 5.66 Å². The largest absolute Gasteiger partial charge is 0.326 e. The van der Waals surface area contributed by atoms with Gasteiger partial charge in [-0.05, 0) is 38.0 Å². The highest BCUT2D eigenvalue weighted by Crippen LogP contribution is 2.29. The molecule has 6 nitrogen and oxygen atoms in total. The summed E-state index contributed by atoms with van der Waals surface area (Å²) >= 11 is 0. The SMILES string of the molecule is Cc1ccc(C2=NC3(CCN(CC(=O)Nc4cc(C)ccc4C)CC3)NC2=O)cc1. The van der Waals surface area contributed by atoms with E-state index in [0.29, 0.717) is 38.2 Å². The molecular formula is C24H28N4O2. The summed E-state index contributed by atoms with van der Waals surface area (Å²) in [5, 5.41) is 6.11. The van der Waals surface area contributed by atoms with Crippen molar-refractivity contribution >= 4 is 23.2 Å². The van der Waals surface area contributed by atoms with Crippen LogP contribution >= 0.6 is 0 Å². The van der Waals surface area contributed by atoms with Gasteiger partial charge >= 0.3 is 0 Å². The second-order valence-corrected chi connectivity index (χ2v) is 8.45. The lowest BCUT2D eigenvalue weighted by Crippen LogP contribution is -2.52. The van der Waals surface area contributed by atoms with Crippen LogP contribution in [0.2, 0.25) is 0 Å². The van der Waals surface area contributed by atoms with Gasteiger partial charge in [-0.25, -0.2) is 0 Å². The highest BCUT2D eigenvalue weighted by atomic mass is 16.2. The molecule has 0 atom stereocenters. The number of hydrogen-bond acceptors (Lipinski definition) is 4. The van der Waals surface area contributed by atoms with E-state index in [4.69, 9.17) is 4.99 Å². The van der Waals surface area contributed by atoms with Gasteiger partial charge in [-0.2, -0.15) is 0 Å². The Morgan fingerprint density at radius 3 is 2.43 bits per heavy atom. The van der Waals surface area contributed by atoms with E-state index >= 15 is 0 Å². The zero-order chi connectivity index (χ0) is 21.3. The average molecular weight is 405 g/mol. The number of hydrogen-bond donors (Lipinski definition) is 2. The lowest BCUT2D eigenvalue weighted by molar-refractivity contribution is -0.119. The van der Waals surface area contributed by atoms with Gasteiger partial charge in [-0.1, -0.05) is 42.0 Å². The Morgan fingerprint density at radius 1 is 1.07 bits per heavy atom. The number of aryl methyl sites for hydroxylation is 3. The van der Waals surface area contributed by atoms with Crippen molar-refractivity contribution in [1.82, 2.24) is 10.2 Å². The van der Waals surface area contributed by atoms with E-state index in [0.717, 1.165) is 27.9 Å². The molecule has 1 saturated heterocycles. The molecule has 2 aliphatic heterocycles. The number of anilines is 1. The number of nitrogens with one attached hydrogen (secondary N) is 2. The molecule has 30 heavy (non-hydrogen) atoms. The Bertz CT molecular complexity index is 1000. The lowest BCUT2D eigenvalue weighted by Gasteiger charge is -2.36. The first-order valence-corrected chi connectivity index (χ1v) is 10.4. The summed E-state index contributed by atoms with van der Waals surface area (Å²) in [7, 11) is 0. The number of piperidine rings is 1. The Morgan fingerprint density at radius 2 is 1.73 bits per heavy atom. The van der Waals surface area contributed by atoms with Crippen molar-refractivity contribution in [2.75, 3.05) is 25.0 Å². The maximum absolute atomic E-state index is 12.5. The van der Waals surface area contributed by atoms with Crippen molar-refractivity contribution in [3.05, 3.63) is 64.7 Å². The standard InChI is InChI=1S/C24H28N4O2/c1-16-5-8-19(9-6-16)22-23(30)27-24(26-22)10-12-28(13-11-24)15-21(29)25-20-14-17(2)4-7-18(20)3/h4-9,14H,10-13,15H2,1-3H3,(H,25,29)(H,27,30). The number of carbonyl (C=O) groups is 2. The van der Waals surface area contributed by atoms with Crippen LogP contribution in [0.5, 0.6) is 0 Å². The second-order valence-electron chi connectivity index (χ2n) is 8.45. The van der Waals surface area contributed by atoms with E-state index in [2.05, 4.69) is 15.5 Å². The maximum Gasteiger partial charge on any atom is 0.272 e. The fourth-order valence-corrected chi connectivity index (χ4v) is 4.05. The molecule has 1 fully saturated rings. The Balaban J connectivity index is 1.36. The Labute approximate surface area is 177 Å². The molecule has 0 saturated carbocycles. The molecule has 2 aromatic rings. The first kappa shape index (κ1) is 20.3. The Hall–Kier alpha value is -2.99. The van der Waals surface area contributed by atoms with Gasteiger partial charge in [0.15, 0.2) is 0 Å². The molecule has 2 amide bonds. The molecule has 2 N–H and O–H groups in total. The smallest absolute Gasteiger partial charge is 0.272 e. The molecule has 0 bridgehead atoms. The van der Waals surface area contributed by atoms with E-state index in [1.54, 1.807) is 0 Å². The molecule has 2 heterocycles. The van der Waals surface area contributed by atoms with Gasteiger partial charge in [0, 0.05) is 37.2 Å². The second kappa shape index (κ2) is 8.03. The zero-order valence-electron chi connectivity index (χ0n) is 17.8. The number of aliphatic imine (C=N–C) groups is 1. The topological polar surface area (TPSA) is 73.8 Å². The van der Waals surface area contributed by atoms with Crippen molar-refractivity contribution in [2.24, 2.45) is 4.99 Å². The van der Waals surface area contributed by atoms with Crippen LogP contribution in [0.4, 0.5) is 5.69 Å². The van der Waals surface area contributed by atoms with Crippen LogP contribution in [0.3, 0.4) is 0 Å². The fraction of sp³-hybridized carbons (Fsp3) is 0.375. The third-order valence-corrected chi connectivity index (χ3v) is 5.93. The summed E-state index contributed by atoms with van der Waals surface area (Å²) in [6.07, 6.45) is 1.40. The van der Waals surface area contributed by atoms with Crippen molar-refractivity contribution in [3.8, 4) is 0 Å². The predicted molar refractivity (Wildman–Crippen MR) is 119 cm³/mol. The third-order valence-electron chi connectivity index (χ3n) is 5.93. The fourth-order valence-electron chi connectivity index (χ4n) is 4.05. The minimum Gasteiger partial charge on any atom is -0.326 e. The summed E-state index contributed by atoms with van der Waals surface area (Å²) in [6.45, 7) is 7.79. The van der Waals surface area contributed by atoms with E-state index in [1.165, 1.54) is 0 Å². The van der Waals surface area contributed by atoms with Crippen LogP contribution in [0.1, 0.15) is 35.1 Å². The van der Waals surface area contributed by atoms with E-state index in [1.807, 2.05) is 63.2 Å². The molecule has 2 aromatic carbocycles. The molecule has 2 aliphatic rings. The van der Waals surface area contributed by atoms with Gasteiger partial charge in [-0.3, -0.25) is 19.5 Å². The van der Waals surface area contributed by atoms with Crippen LogP contribution in [0.25, 0.3) is 0 Å². The number of benzene rings is 2. The van der Waals surface area contributed by atoms with Gasteiger partial charge < -0.3 is 10.6 Å². The van der Waals surface area contributed by atoms with Gasteiger partial charge in [0.25, 0.3) is 5.91 Å². The zero-order valence-corrected chi connectivity index (χ0v) is 17.8. The summed E-state index contributed by atoms with van der Waals surface area (Å²) in [5.41, 5.74) is 5.01. The quantitative estimate of drug-likeness (QED) is 0.823. The van der Waals surface area contributed by atoms with Crippen LogP contribution < -0.4 is 10.6 Å². The molecule has 156 valence electrons. The number of carbonyl (C=O) groups excluding carboxylic acids is 2. The highest BCUT2D eigenvalue weighted by Gasteiger charge is 2.42. The number of rotatable bonds is 4. The molecule has 6 heteroatoms. The molecule has 0 aliphatic carbocycles. The van der Waals surface area contributed by atoms with E-state index in [-0.39, 0.29) is 11.8 Å². The maximum atomic E-state index is 12.5. The number of amides is 2. The van der Waals surface area contributed by atoms with Gasteiger partial charge in [0.05, 0.1) is 6.54 Å². The predicted octanol–water partition coefficient (Wildman–Crippen LogP) is 2.96. The first-order valence-electron chi connectivity index (χ1n) is 10.4. The monoisotopic (exact) mass is 404 g/mol. The highest BCUT2D eigenvalue weighted by molar-refractivity contribution is 6.46. The lowest BCUT2D eigenvalue weighted by atomic mass is 9.98. The summed E-state index contributed by atoms with van der Waals surface area (Å²) in [6, 6.07) is 13.9. The molecule has 1 spiro atoms. The average Bonchev–Trinajstić information content (AvgIpc) is 3.03. The molecule has 0 radical (unpaired) electrons. The molecule has 0 unspecified atom stereocenters. The molecule has 4 rings (SSSR count). The minimum atomic E-state index is -0.544. The van der Waals surface area contributed by atoms with Crippen molar-refractivity contribution in [3.63, 3.8) is 0 Å². The summed E-state index contributed by atoms with van der Waals surface area (Å²) in [4.78, 5) is 32.0. The third kappa shape index (κ3) is 4.28. The van der Waals surface area contributed by atoms with Crippen LogP contribution in [0, 0.1) is 20.8 Å². The first-order chi connectivity index (χ1) is 14.3. The number of likely N-dealkylation sites (tertiary alicyclic amines) is 1. The van der Waals surface area contributed by atoms with Crippen molar-refractivity contribution < 1.29 is 9.59 Å². The van der Waals surface area contributed by atoms with E-state index in [9.17, 15) is 9.59 Å². The summed E-state index contributed by atoms with van der Waals surface area (Å²) < 4.78 is 0. The van der Waals surface area contributed by atoms with Gasteiger partial charge in [-0.15, -0.1) is 0 Å². The minimum absolute atomic E-state index is 0.0149. The van der Waals surface area contributed by atoms with Gasteiger partial charge in [0.1, 0.15) is 11.4 Å². The normalized spacial score (nSPS) is 18.2. The molecule has 0 aromatic heterocycles. The van der Waals surface area contributed by atoms with Crippen molar-refractivity contribution in [2.45, 2.75) is 39.3 Å². The molecular weight excluding hydrogens is 376 g/mol. The van der Waals surface area contributed by atoms with Crippen molar-refractivity contribution in [1.29, 1.82) is 0 Å². The van der Waals surface area contributed by atoms with Gasteiger partial charge in [0.2, 0.25) is 5.91 Å².